The van der Waals surface area contributed by atoms with Gasteiger partial charge in [-0.3, -0.25) is 4.79 Å². The Morgan fingerprint density at radius 3 is 2.67 bits per heavy atom. The van der Waals surface area contributed by atoms with E-state index in [1.54, 1.807) is 25.1 Å². The molecular formula is C14H18FNO2. The third-order valence-corrected chi connectivity index (χ3v) is 3.37. The second kappa shape index (κ2) is 5.85. The van der Waals surface area contributed by atoms with Gasteiger partial charge in [-0.05, 0) is 30.9 Å². The fourth-order valence-corrected chi connectivity index (χ4v) is 2.18. The number of benzene rings is 1. The minimum Gasteiger partial charge on any atom is -0.490 e. The Labute approximate surface area is 107 Å². The zero-order valence-electron chi connectivity index (χ0n) is 10.6. The number of piperidine rings is 1. The highest BCUT2D eigenvalue weighted by atomic mass is 19.1. The Balaban J connectivity index is 1.79. The minimum absolute atomic E-state index is 0.128. The van der Waals surface area contributed by atoms with Gasteiger partial charge in [0.05, 0.1) is 6.61 Å². The van der Waals surface area contributed by atoms with Crippen LogP contribution in [0.25, 0.3) is 0 Å². The average Bonchev–Trinajstić information content (AvgIpc) is 2.38. The number of likely N-dealkylation sites (tertiary alicyclic amines) is 1. The number of nitrogens with zero attached hydrogens (tertiary/aromatic N) is 1. The predicted molar refractivity (Wildman–Crippen MR) is 66.9 cm³/mol. The predicted octanol–water partition coefficient (Wildman–Crippen LogP) is 2.46. The average molecular weight is 251 g/mol. The molecule has 3 nitrogen and oxygen atoms in total. The third-order valence-electron chi connectivity index (χ3n) is 3.37. The first-order chi connectivity index (χ1) is 8.66. The van der Waals surface area contributed by atoms with E-state index in [9.17, 15) is 9.18 Å². The van der Waals surface area contributed by atoms with Crippen LogP contribution in [0.3, 0.4) is 0 Å². The molecule has 2 rings (SSSR count). The molecule has 0 saturated carbocycles. The van der Waals surface area contributed by atoms with Crippen LogP contribution >= 0.6 is 0 Å². The van der Waals surface area contributed by atoms with E-state index in [0.717, 1.165) is 25.9 Å². The zero-order chi connectivity index (χ0) is 13.0. The molecule has 1 aliphatic rings. The van der Waals surface area contributed by atoms with Crippen molar-refractivity contribution in [1.29, 1.82) is 0 Å². The van der Waals surface area contributed by atoms with E-state index >= 15 is 0 Å². The summed E-state index contributed by atoms with van der Waals surface area (Å²) >= 11 is 0. The monoisotopic (exact) mass is 251 g/mol. The molecule has 0 atom stereocenters. The van der Waals surface area contributed by atoms with E-state index in [2.05, 4.69) is 0 Å². The van der Waals surface area contributed by atoms with Crippen molar-refractivity contribution in [2.45, 2.75) is 19.8 Å². The number of amides is 1. The fraction of sp³-hybridized carbons (Fsp3) is 0.500. The number of halogens is 1. The number of carbonyl (C=O) groups is 1. The maximum atomic E-state index is 13.3. The lowest BCUT2D eigenvalue weighted by atomic mass is 9.98. The molecule has 0 unspecified atom stereocenters. The normalized spacial score (nSPS) is 16.7. The Hall–Kier alpha value is -1.58. The number of hydrogen-bond donors (Lipinski definition) is 0. The van der Waals surface area contributed by atoms with E-state index in [4.69, 9.17) is 4.74 Å². The Morgan fingerprint density at radius 1 is 1.39 bits per heavy atom. The standard InChI is InChI=1S/C14H18FNO2/c1-11(17)16-8-6-12(7-9-16)10-18-14-5-3-2-4-13(14)15/h2-5,12H,6-10H2,1H3. The molecule has 1 fully saturated rings. The van der Waals surface area contributed by atoms with E-state index in [1.807, 2.05) is 4.90 Å². The van der Waals surface area contributed by atoms with Crippen molar-refractivity contribution < 1.29 is 13.9 Å². The first-order valence-electron chi connectivity index (χ1n) is 6.29. The van der Waals surface area contributed by atoms with Crippen LogP contribution in [0.15, 0.2) is 24.3 Å². The van der Waals surface area contributed by atoms with E-state index in [0.29, 0.717) is 18.3 Å². The van der Waals surface area contributed by atoms with Crippen molar-refractivity contribution in [1.82, 2.24) is 4.90 Å². The molecule has 1 aromatic carbocycles. The van der Waals surface area contributed by atoms with Crippen molar-refractivity contribution in [2.24, 2.45) is 5.92 Å². The van der Waals surface area contributed by atoms with Crippen LogP contribution in [0.4, 0.5) is 4.39 Å². The lowest BCUT2D eigenvalue weighted by Gasteiger charge is -2.31. The van der Waals surface area contributed by atoms with E-state index < -0.39 is 0 Å². The molecule has 4 heteroatoms. The molecule has 1 saturated heterocycles. The molecule has 1 aliphatic heterocycles. The van der Waals surface area contributed by atoms with Crippen molar-refractivity contribution in [3.63, 3.8) is 0 Å². The zero-order valence-corrected chi connectivity index (χ0v) is 10.6. The maximum Gasteiger partial charge on any atom is 0.219 e. The Bertz CT molecular complexity index is 414. The third kappa shape index (κ3) is 3.22. The second-order valence-electron chi connectivity index (χ2n) is 4.69. The summed E-state index contributed by atoms with van der Waals surface area (Å²) in [6.45, 7) is 3.67. The summed E-state index contributed by atoms with van der Waals surface area (Å²) < 4.78 is 18.8. The van der Waals surface area contributed by atoms with Crippen LogP contribution in [0, 0.1) is 11.7 Å². The quantitative estimate of drug-likeness (QED) is 0.826. The molecule has 0 bridgehead atoms. The summed E-state index contributed by atoms with van der Waals surface area (Å²) in [6, 6.07) is 6.44. The molecule has 98 valence electrons. The molecule has 1 heterocycles. The first-order valence-corrected chi connectivity index (χ1v) is 6.29. The van der Waals surface area contributed by atoms with Crippen LogP contribution in [-0.2, 0) is 4.79 Å². The van der Waals surface area contributed by atoms with Gasteiger partial charge in [0.15, 0.2) is 11.6 Å². The van der Waals surface area contributed by atoms with Crippen molar-refractivity contribution >= 4 is 5.91 Å². The van der Waals surface area contributed by atoms with Crippen LogP contribution < -0.4 is 4.74 Å². The van der Waals surface area contributed by atoms with Gasteiger partial charge in [0.1, 0.15) is 0 Å². The van der Waals surface area contributed by atoms with E-state index in [-0.39, 0.29) is 11.7 Å². The van der Waals surface area contributed by atoms with Gasteiger partial charge in [0.25, 0.3) is 0 Å². The summed E-state index contributed by atoms with van der Waals surface area (Å²) in [6.07, 6.45) is 1.85. The van der Waals surface area contributed by atoms with Gasteiger partial charge in [0, 0.05) is 20.0 Å². The Morgan fingerprint density at radius 2 is 2.06 bits per heavy atom. The summed E-state index contributed by atoms with van der Waals surface area (Å²) in [5.41, 5.74) is 0. The Kier molecular flexibility index (Phi) is 4.18. The largest absolute Gasteiger partial charge is 0.490 e. The molecule has 0 aliphatic carbocycles. The topological polar surface area (TPSA) is 29.5 Å². The first kappa shape index (κ1) is 12.9. The summed E-state index contributed by atoms with van der Waals surface area (Å²) in [5, 5.41) is 0. The fourth-order valence-electron chi connectivity index (χ4n) is 2.18. The number of hydrogen-bond acceptors (Lipinski definition) is 2. The molecule has 0 spiro atoms. The summed E-state index contributed by atoms with van der Waals surface area (Å²) in [4.78, 5) is 13.0. The summed E-state index contributed by atoms with van der Waals surface area (Å²) in [7, 11) is 0. The van der Waals surface area contributed by atoms with Gasteiger partial charge in [-0.25, -0.2) is 4.39 Å². The minimum atomic E-state index is -0.321. The number of carbonyl (C=O) groups excluding carboxylic acids is 1. The van der Waals surface area contributed by atoms with Crippen LogP contribution in [-0.4, -0.2) is 30.5 Å². The highest BCUT2D eigenvalue weighted by molar-refractivity contribution is 5.73. The molecule has 1 amide bonds. The number of ether oxygens (including phenoxy) is 1. The van der Waals surface area contributed by atoms with Crippen molar-refractivity contribution in [3.8, 4) is 5.75 Å². The SMILES string of the molecule is CC(=O)N1CCC(COc2ccccc2F)CC1. The van der Waals surface area contributed by atoms with Gasteiger partial charge in [-0.2, -0.15) is 0 Å². The van der Waals surface area contributed by atoms with Gasteiger partial charge in [0.2, 0.25) is 5.91 Å². The van der Waals surface area contributed by atoms with Gasteiger partial charge >= 0.3 is 0 Å². The number of rotatable bonds is 3. The molecule has 0 radical (unpaired) electrons. The van der Waals surface area contributed by atoms with Gasteiger partial charge in [-0.15, -0.1) is 0 Å². The molecule has 18 heavy (non-hydrogen) atoms. The maximum absolute atomic E-state index is 13.3. The van der Waals surface area contributed by atoms with Gasteiger partial charge in [-0.1, -0.05) is 12.1 Å². The lowest BCUT2D eigenvalue weighted by Crippen LogP contribution is -2.38. The van der Waals surface area contributed by atoms with Crippen LogP contribution in [0.5, 0.6) is 5.75 Å². The molecule has 0 N–H and O–H groups in total. The highest BCUT2D eigenvalue weighted by Gasteiger charge is 2.21. The van der Waals surface area contributed by atoms with Crippen LogP contribution in [0.1, 0.15) is 19.8 Å². The van der Waals surface area contributed by atoms with Crippen LogP contribution in [0.2, 0.25) is 0 Å². The van der Waals surface area contributed by atoms with E-state index in [1.165, 1.54) is 6.07 Å². The lowest BCUT2D eigenvalue weighted by molar-refractivity contribution is -0.130. The van der Waals surface area contributed by atoms with Gasteiger partial charge < -0.3 is 9.64 Å². The summed E-state index contributed by atoms with van der Waals surface area (Å²) in [5.74, 6) is 0.522. The molecule has 0 aromatic heterocycles. The molecular weight excluding hydrogens is 233 g/mol. The van der Waals surface area contributed by atoms with Crippen molar-refractivity contribution in [3.05, 3.63) is 30.1 Å². The second-order valence-corrected chi connectivity index (χ2v) is 4.69. The highest BCUT2D eigenvalue weighted by Crippen LogP contribution is 2.21. The van der Waals surface area contributed by atoms with Crippen molar-refractivity contribution in [2.75, 3.05) is 19.7 Å². The smallest absolute Gasteiger partial charge is 0.219 e. The molecule has 1 aromatic rings. The number of para-hydroxylation sites is 1.